The van der Waals surface area contributed by atoms with Gasteiger partial charge in [-0.2, -0.15) is 0 Å². The summed E-state index contributed by atoms with van der Waals surface area (Å²) in [5.74, 6) is -0.838. The molecule has 0 aliphatic carbocycles. The van der Waals surface area contributed by atoms with Gasteiger partial charge in [-0.3, -0.25) is 14.4 Å². The van der Waals surface area contributed by atoms with Gasteiger partial charge in [0, 0.05) is 19.3 Å². The average molecular weight is 1070 g/mol. The second-order valence-corrected chi connectivity index (χ2v) is 23.5. The van der Waals surface area contributed by atoms with E-state index in [9.17, 15) is 14.4 Å². The fourth-order valence-electron chi connectivity index (χ4n) is 10.5. The summed E-state index contributed by atoms with van der Waals surface area (Å²) in [4.78, 5) is 38.3. The minimum atomic E-state index is -0.768. The van der Waals surface area contributed by atoms with E-state index in [1.807, 2.05) is 0 Å². The van der Waals surface area contributed by atoms with E-state index in [0.29, 0.717) is 19.3 Å². The van der Waals surface area contributed by atoms with Gasteiger partial charge in [0.1, 0.15) is 13.2 Å². The summed E-state index contributed by atoms with van der Waals surface area (Å²) in [5, 5.41) is 0. The van der Waals surface area contributed by atoms with Gasteiger partial charge in [0.15, 0.2) is 6.10 Å². The van der Waals surface area contributed by atoms with Crippen LogP contribution in [0, 0.1) is 0 Å². The Bertz CT molecular complexity index is 1230. The Labute approximate surface area is 474 Å². The summed E-state index contributed by atoms with van der Waals surface area (Å²) in [6.07, 6.45) is 79.2. The molecule has 0 heterocycles. The number of carbonyl (C=O) groups excluding carboxylic acids is 3. The van der Waals surface area contributed by atoms with E-state index >= 15 is 0 Å². The molecule has 0 aromatic rings. The summed E-state index contributed by atoms with van der Waals surface area (Å²) < 4.78 is 17.0. The summed E-state index contributed by atoms with van der Waals surface area (Å²) in [7, 11) is 0. The van der Waals surface area contributed by atoms with Gasteiger partial charge in [-0.15, -0.1) is 0 Å². The van der Waals surface area contributed by atoms with Crippen molar-refractivity contribution in [2.75, 3.05) is 13.2 Å². The molecule has 0 saturated carbocycles. The summed E-state index contributed by atoms with van der Waals surface area (Å²) in [5.41, 5.74) is 0. The number of allylic oxidation sites excluding steroid dienone is 4. The molecule has 76 heavy (non-hydrogen) atoms. The first-order valence-corrected chi connectivity index (χ1v) is 34.3. The van der Waals surface area contributed by atoms with Gasteiger partial charge in [-0.1, -0.05) is 340 Å². The van der Waals surface area contributed by atoms with Crippen LogP contribution in [-0.2, 0) is 28.6 Å². The average Bonchev–Trinajstić information content (AvgIpc) is 3.42. The van der Waals surface area contributed by atoms with Crippen molar-refractivity contribution in [3.05, 3.63) is 24.3 Å². The third-order valence-corrected chi connectivity index (χ3v) is 15.7. The van der Waals surface area contributed by atoms with E-state index in [1.165, 1.54) is 283 Å². The van der Waals surface area contributed by atoms with Crippen molar-refractivity contribution in [2.24, 2.45) is 0 Å². The van der Waals surface area contributed by atoms with E-state index in [2.05, 4.69) is 45.1 Å². The van der Waals surface area contributed by atoms with Gasteiger partial charge in [0.2, 0.25) is 0 Å². The molecule has 0 aromatic heterocycles. The lowest BCUT2D eigenvalue weighted by Gasteiger charge is -2.18. The Morgan fingerprint density at radius 2 is 0.474 bits per heavy atom. The zero-order valence-corrected chi connectivity index (χ0v) is 51.6. The molecule has 0 N–H and O–H groups in total. The smallest absolute Gasteiger partial charge is 0.306 e. The van der Waals surface area contributed by atoms with Crippen molar-refractivity contribution in [1.82, 2.24) is 0 Å². The number of hydrogen-bond acceptors (Lipinski definition) is 6. The molecule has 1 atom stereocenters. The van der Waals surface area contributed by atoms with Crippen LogP contribution in [-0.4, -0.2) is 37.2 Å². The predicted octanol–water partition coefficient (Wildman–Crippen LogP) is 23.4. The van der Waals surface area contributed by atoms with Gasteiger partial charge < -0.3 is 14.2 Å². The summed E-state index contributed by atoms with van der Waals surface area (Å²) >= 11 is 0. The van der Waals surface area contributed by atoms with Crippen LogP contribution in [0.3, 0.4) is 0 Å². The lowest BCUT2D eigenvalue weighted by molar-refractivity contribution is -0.167. The minimum Gasteiger partial charge on any atom is -0.462 e. The van der Waals surface area contributed by atoms with Crippen molar-refractivity contribution in [3.63, 3.8) is 0 Å². The van der Waals surface area contributed by atoms with Crippen molar-refractivity contribution in [2.45, 2.75) is 393 Å². The molecule has 0 aliphatic rings. The third kappa shape index (κ3) is 62.7. The van der Waals surface area contributed by atoms with Gasteiger partial charge in [0.05, 0.1) is 0 Å². The third-order valence-electron chi connectivity index (χ3n) is 15.7. The van der Waals surface area contributed by atoms with Crippen LogP contribution in [0.5, 0.6) is 0 Å². The van der Waals surface area contributed by atoms with Gasteiger partial charge in [-0.25, -0.2) is 0 Å². The molecule has 1 unspecified atom stereocenters. The van der Waals surface area contributed by atoms with Gasteiger partial charge >= 0.3 is 17.9 Å². The highest BCUT2D eigenvalue weighted by Crippen LogP contribution is 2.18. The zero-order valence-electron chi connectivity index (χ0n) is 51.6. The van der Waals surface area contributed by atoms with Crippen LogP contribution in [0.25, 0.3) is 0 Å². The maximum atomic E-state index is 12.9. The molecule has 0 aliphatic heterocycles. The maximum absolute atomic E-state index is 12.9. The first-order valence-electron chi connectivity index (χ1n) is 34.3. The SMILES string of the molecule is CCCCCCC/C=C\C/C=C\CCCCCCCCCCCCCC(=O)OC(COC(=O)CCCCCCCCCCCCC)COC(=O)CCCCCCCCCCCCCCCCCCCCCCCCCC. The van der Waals surface area contributed by atoms with E-state index in [0.717, 1.165) is 64.2 Å². The number of unbranched alkanes of at least 4 members (excludes halogenated alkanes) is 49. The molecule has 0 radical (unpaired) electrons. The number of esters is 3. The second-order valence-electron chi connectivity index (χ2n) is 23.5. The summed E-state index contributed by atoms with van der Waals surface area (Å²) in [6, 6.07) is 0. The van der Waals surface area contributed by atoms with Gasteiger partial charge in [0.25, 0.3) is 0 Å². The van der Waals surface area contributed by atoms with Crippen LogP contribution >= 0.6 is 0 Å². The van der Waals surface area contributed by atoms with Crippen LogP contribution in [0.2, 0.25) is 0 Å². The Hall–Kier alpha value is -2.11. The van der Waals surface area contributed by atoms with Crippen LogP contribution in [0.15, 0.2) is 24.3 Å². The monoisotopic (exact) mass is 1070 g/mol. The van der Waals surface area contributed by atoms with E-state index in [1.54, 1.807) is 0 Å². The van der Waals surface area contributed by atoms with E-state index < -0.39 is 6.10 Å². The largest absolute Gasteiger partial charge is 0.462 e. The first kappa shape index (κ1) is 73.9. The van der Waals surface area contributed by atoms with Crippen molar-refractivity contribution in [3.8, 4) is 0 Å². The molecule has 0 rings (SSSR count). The number of hydrogen-bond donors (Lipinski definition) is 0. The van der Waals surface area contributed by atoms with Crippen LogP contribution in [0.1, 0.15) is 387 Å². The van der Waals surface area contributed by atoms with Crippen molar-refractivity contribution >= 4 is 17.9 Å². The standard InChI is InChI=1S/C70H132O6/c1-4-7-10-13-16-19-22-24-26-28-30-32-34-36-37-39-41-43-45-48-51-54-57-60-63-69(72)75-66-67(65-74-68(71)62-59-56-53-50-47-21-18-15-12-9-6-3)76-70(73)64-61-58-55-52-49-46-44-42-40-38-35-33-31-29-27-25-23-20-17-14-11-8-5-2/h23,25,29,31,67H,4-22,24,26-28,30,32-66H2,1-3H3/b25-23-,31-29-. The fraction of sp³-hybridized carbons (Fsp3) is 0.900. The van der Waals surface area contributed by atoms with Crippen molar-refractivity contribution < 1.29 is 28.6 Å². The molecule has 0 aromatic carbocycles. The topological polar surface area (TPSA) is 78.9 Å². The van der Waals surface area contributed by atoms with E-state index in [-0.39, 0.29) is 31.1 Å². The normalized spacial score (nSPS) is 12.1. The molecule has 448 valence electrons. The van der Waals surface area contributed by atoms with E-state index in [4.69, 9.17) is 14.2 Å². The number of carbonyl (C=O) groups is 3. The lowest BCUT2D eigenvalue weighted by atomic mass is 10.0. The molecule has 0 saturated heterocycles. The number of ether oxygens (including phenoxy) is 3. The zero-order chi connectivity index (χ0) is 55.0. The Morgan fingerprint density at radius 3 is 0.724 bits per heavy atom. The van der Waals surface area contributed by atoms with Crippen molar-refractivity contribution in [1.29, 1.82) is 0 Å². The highest BCUT2D eigenvalue weighted by atomic mass is 16.6. The molecular weight excluding hydrogens is 937 g/mol. The molecule has 6 heteroatoms. The second kappa shape index (κ2) is 65.4. The highest BCUT2D eigenvalue weighted by Gasteiger charge is 2.19. The molecule has 0 spiro atoms. The predicted molar refractivity (Wildman–Crippen MR) is 330 cm³/mol. The maximum Gasteiger partial charge on any atom is 0.306 e. The number of rotatable bonds is 64. The lowest BCUT2D eigenvalue weighted by Crippen LogP contribution is -2.30. The molecular formula is C70H132O6. The van der Waals surface area contributed by atoms with Crippen LogP contribution in [0.4, 0.5) is 0 Å². The first-order chi connectivity index (χ1) is 37.5. The fourth-order valence-corrected chi connectivity index (χ4v) is 10.5. The van der Waals surface area contributed by atoms with Gasteiger partial charge in [-0.05, 0) is 51.4 Å². The molecule has 6 nitrogen and oxygen atoms in total. The minimum absolute atomic E-state index is 0.0655. The molecule has 0 bridgehead atoms. The molecule has 0 fully saturated rings. The summed E-state index contributed by atoms with van der Waals surface area (Å²) in [6.45, 7) is 6.70. The Morgan fingerprint density at radius 1 is 0.263 bits per heavy atom. The Kier molecular flexibility index (Phi) is 63.6. The van der Waals surface area contributed by atoms with Crippen LogP contribution < -0.4 is 0 Å². The quantitative estimate of drug-likeness (QED) is 0.0261. The molecule has 0 amide bonds. The Balaban J connectivity index is 4.19. The highest BCUT2D eigenvalue weighted by molar-refractivity contribution is 5.71.